The summed E-state index contributed by atoms with van der Waals surface area (Å²) in [6.45, 7) is 4.03. The first-order chi connectivity index (χ1) is 9.43. The fourth-order valence-corrected chi connectivity index (χ4v) is 3.31. The van der Waals surface area contributed by atoms with Crippen LogP contribution in [0.4, 0.5) is 0 Å². The van der Waals surface area contributed by atoms with E-state index in [1.165, 1.54) is 103 Å². The minimum Gasteiger partial charge on any atom is -0.103 e. The molecule has 0 amide bonds. The second-order valence-electron chi connectivity index (χ2n) is 6.52. The molecule has 1 aliphatic carbocycles. The third-order valence-corrected chi connectivity index (χ3v) is 4.73. The molecule has 0 bridgehead atoms. The van der Waals surface area contributed by atoms with Crippen molar-refractivity contribution in [1.82, 2.24) is 0 Å². The van der Waals surface area contributed by atoms with E-state index in [2.05, 4.69) is 12.7 Å². The van der Waals surface area contributed by atoms with E-state index in [-0.39, 0.29) is 0 Å². The highest BCUT2D eigenvalue weighted by Gasteiger charge is 2.04. The van der Waals surface area contributed by atoms with E-state index in [0.29, 0.717) is 0 Å². The molecule has 0 aromatic heterocycles. The summed E-state index contributed by atoms with van der Waals surface area (Å²) in [6, 6.07) is 0. The van der Waals surface area contributed by atoms with E-state index < -0.39 is 0 Å². The van der Waals surface area contributed by atoms with Crippen LogP contribution in [0.15, 0.2) is 12.7 Å². The van der Waals surface area contributed by atoms with E-state index >= 15 is 0 Å². The molecule has 112 valence electrons. The van der Waals surface area contributed by atoms with Gasteiger partial charge in [0.2, 0.25) is 0 Å². The lowest BCUT2D eigenvalue weighted by Crippen LogP contribution is -1.96. The SMILES string of the molecule is C=CC1CCCCCCCCCCCCCCCC1. The van der Waals surface area contributed by atoms with Crippen molar-refractivity contribution in [2.45, 2.75) is 103 Å². The molecule has 1 saturated carbocycles. The number of rotatable bonds is 1. The molecule has 19 heavy (non-hydrogen) atoms. The van der Waals surface area contributed by atoms with Gasteiger partial charge in [-0.1, -0.05) is 96.0 Å². The summed E-state index contributed by atoms with van der Waals surface area (Å²) >= 11 is 0. The molecule has 0 radical (unpaired) electrons. The van der Waals surface area contributed by atoms with Crippen molar-refractivity contribution in [3.05, 3.63) is 12.7 Å². The average molecular weight is 264 g/mol. The van der Waals surface area contributed by atoms with Gasteiger partial charge in [0, 0.05) is 0 Å². The minimum atomic E-state index is 0.802. The number of hydrogen-bond acceptors (Lipinski definition) is 0. The third-order valence-electron chi connectivity index (χ3n) is 4.73. The van der Waals surface area contributed by atoms with Crippen LogP contribution < -0.4 is 0 Å². The van der Waals surface area contributed by atoms with Crippen LogP contribution in [-0.4, -0.2) is 0 Å². The zero-order valence-corrected chi connectivity index (χ0v) is 13.2. The van der Waals surface area contributed by atoms with Crippen LogP contribution in [0, 0.1) is 5.92 Å². The van der Waals surface area contributed by atoms with Crippen molar-refractivity contribution in [3.8, 4) is 0 Å². The fraction of sp³-hybridized carbons (Fsp3) is 0.895. The lowest BCUT2D eigenvalue weighted by molar-refractivity contribution is 0.467. The van der Waals surface area contributed by atoms with Gasteiger partial charge < -0.3 is 0 Å². The van der Waals surface area contributed by atoms with Gasteiger partial charge in [0.25, 0.3) is 0 Å². The Hall–Kier alpha value is -0.260. The summed E-state index contributed by atoms with van der Waals surface area (Å²) in [4.78, 5) is 0. The Morgan fingerprint density at radius 3 is 1.00 bits per heavy atom. The first kappa shape index (κ1) is 16.8. The highest BCUT2D eigenvalue weighted by molar-refractivity contribution is 4.78. The van der Waals surface area contributed by atoms with Crippen LogP contribution in [0.25, 0.3) is 0 Å². The molecule has 0 aliphatic heterocycles. The van der Waals surface area contributed by atoms with E-state index in [1.54, 1.807) is 0 Å². The molecule has 0 heterocycles. The van der Waals surface area contributed by atoms with Crippen molar-refractivity contribution in [3.63, 3.8) is 0 Å². The van der Waals surface area contributed by atoms with E-state index in [1.807, 2.05) is 0 Å². The zero-order chi connectivity index (χ0) is 13.6. The molecule has 1 fully saturated rings. The molecule has 0 nitrogen and oxygen atoms in total. The standard InChI is InChI=1S/C19H36/c1-2-19-17-15-13-11-9-7-5-3-4-6-8-10-12-14-16-18-19/h2,19H,1,3-18H2. The Balaban J connectivity index is 2.17. The molecule has 0 N–H and O–H groups in total. The van der Waals surface area contributed by atoms with Crippen molar-refractivity contribution in [1.29, 1.82) is 0 Å². The normalized spacial score (nSPS) is 23.6. The number of hydrogen-bond donors (Lipinski definition) is 0. The van der Waals surface area contributed by atoms with Crippen LogP contribution in [0.2, 0.25) is 0 Å². The molecule has 0 heteroatoms. The molecule has 0 saturated heterocycles. The van der Waals surface area contributed by atoms with Crippen LogP contribution in [0.3, 0.4) is 0 Å². The molecule has 0 unspecified atom stereocenters. The van der Waals surface area contributed by atoms with Gasteiger partial charge >= 0.3 is 0 Å². The van der Waals surface area contributed by atoms with E-state index in [0.717, 1.165) is 5.92 Å². The summed E-state index contributed by atoms with van der Waals surface area (Å²) < 4.78 is 0. The van der Waals surface area contributed by atoms with E-state index in [9.17, 15) is 0 Å². The quantitative estimate of drug-likeness (QED) is 0.445. The molecular formula is C19H36. The van der Waals surface area contributed by atoms with Gasteiger partial charge in [0.15, 0.2) is 0 Å². The molecule has 0 aromatic carbocycles. The van der Waals surface area contributed by atoms with Crippen molar-refractivity contribution >= 4 is 0 Å². The van der Waals surface area contributed by atoms with Crippen LogP contribution in [0.1, 0.15) is 103 Å². The zero-order valence-electron chi connectivity index (χ0n) is 13.2. The van der Waals surface area contributed by atoms with Gasteiger partial charge in [-0.2, -0.15) is 0 Å². The summed E-state index contributed by atoms with van der Waals surface area (Å²) in [6.07, 6.45) is 25.5. The Morgan fingerprint density at radius 2 is 0.737 bits per heavy atom. The topological polar surface area (TPSA) is 0 Å². The fourth-order valence-electron chi connectivity index (χ4n) is 3.31. The second-order valence-corrected chi connectivity index (χ2v) is 6.52. The van der Waals surface area contributed by atoms with Crippen molar-refractivity contribution in [2.24, 2.45) is 5.92 Å². The van der Waals surface area contributed by atoms with Crippen LogP contribution in [-0.2, 0) is 0 Å². The maximum Gasteiger partial charge on any atom is -0.0236 e. The Morgan fingerprint density at radius 1 is 0.474 bits per heavy atom. The van der Waals surface area contributed by atoms with E-state index in [4.69, 9.17) is 0 Å². The van der Waals surface area contributed by atoms with Crippen LogP contribution in [0.5, 0.6) is 0 Å². The van der Waals surface area contributed by atoms with Gasteiger partial charge in [-0.3, -0.25) is 0 Å². The minimum absolute atomic E-state index is 0.802. The average Bonchev–Trinajstić information content (AvgIpc) is 2.44. The second kappa shape index (κ2) is 12.8. The highest BCUT2D eigenvalue weighted by Crippen LogP contribution is 2.20. The van der Waals surface area contributed by atoms with Crippen molar-refractivity contribution < 1.29 is 0 Å². The lowest BCUT2D eigenvalue weighted by atomic mass is 9.94. The van der Waals surface area contributed by atoms with Gasteiger partial charge in [0.1, 0.15) is 0 Å². The molecule has 0 atom stereocenters. The highest BCUT2D eigenvalue weighted by atomic mass is 14.1. The first-order valence-corrected chi connectivity index (χ1v) is 9.06. The molecule has 0 spiro atoms. The Kier molecular flexibility index (Phi) is 11.3. The summed E-state index contributed by atoms with van der Waals surface area (Å²) in [5.74, 6) is 0.802. The van der Waals surface area contributed by atoms with Crippen LogP contribution >= 0.6 is 0 Å². The summed E-state index contributed by atoms with van der Waals surface area (Å²) in [5, 5.41) is 0. The number of allylic oxidation sites excluding steroid dienone is 1. The van der Waals surface area contributed by atoms with Crippen molar-refractivity contribution in [2.75, 3.05) is 0 Å². The van der Waals surface area contributed by atoms with Gasteiger partial charge in [-0.15, -0.1) is 6.58 Å². The molecule has 1 aliphatic rings. The molecular weight excluding hydrogens is 228 g/mol. The first-order valence-electron chi connectivity index (χ1n) is 9.06. The molecule has 0 aromatic rings. The summed E-state index contributed by atoms with van der Waals surface area (Å²) in [7, 11) is 0. The Labute approximate surface area is 122 Å². The van der Waals surface area contributed by atoms with Gasteiger partial charge in [-0.25, -0.2) is 0 Å². The maximum absolute atomic E-state index is 4.03. The third kappa shape index (κ3) is 10.2. The monoisotopic (exact) mass is 264 g/mol. The maximum atomic E-state index is 4.03. The molecule has 1 rings (SSSR count). The smallest absolute Gasteiger partial charge is 0.0236 e. The van der Waals surface area contributed by atoms with Gasteiger partial charge in [0.05, 0.1) is 0 Å². The summed E-state index contributed by atoms with van der Waals surface area (Å²) in [5.41, 5.74) is 0. The predicted molar refractivity (Wildman–Crippen MR) is 87.6 cm³/mol. The Bertz CT molecular complexity index is 176. The lowest BCUT2D eigenvalue weighted by Gasteiger charge is -2.12. The van der Waals surface area contributed by atoms with Gasteiger partial charge in [-0.05, 0) is 18.8 Å². The largest absolute Gasteiger partial charge is 0.103 e. The predicted octanol–water partition coefficient (Wildman–Crippen LogP) is 7.04.